The maximum absolute atomic E-state index is 13.8. The molecule has 37 heavy (non-hydrogen) atoms. The molecule has 0 radical (unpaired) electrons. The van der Waals surface area contributed by atoms with Gasteiger partial charge in [-0.15, -0.1) is 0 Å². The monoisotopic (exact) mass is 567 g/mol. The Morgan fingerprint density at radius 1 is 1.08 bits per heavy atom. The molecule has 7 nitrogen and oxygen atoms in total. The average molecular weight is 569 g/mol. The van der Waals surface area contributed by atoms with Crippen LogP contribution in [0, 0.1) is 13.8 Å². The normalized spacial score (nSPS) is 15.2. The second kappa shape index (κ2) is 12.5. The van der Waals surface area contributed by atoms with Crippen LogP contribution in [0.25, 0.3) is 0 Å². The summed E-state index contributed by atoms with van der Waals surface area (Å²) in [4.78, 5) is 28.4. The topological polar surface area (TPSA) is 86.8 Å². The first-order chi connectivity index (χ1) is 17.4. The Kier molecular flexibility index (Phi) is 9.89. The van der Waals surface area contributed by atoms with E-state index in [0.29, 0.717) is 21.3 Å². The number of aryl methyl sites for hydroxylation is 1. The fraction of sp³-hybridized carbons (Fsp3) is 0.481. The zero-order chi connectivity index (χ0) is 27.3. The number of benzene rings is 2. The van der Waals surface area contributed by atoms with Gasteiger partial charge in [0.2, 0.25) is 21.8 Å². The lowest BCUT2D eigenvalue weighted by Crippen LogP contribution is -2.53. The van der Waals surface area contributed by atoms with Gasteiger partial charge in [0.1, 0.15) is 12.6 Å². The third-order valence-electron chi connectivity index (χ3n) is 7.00. The summed E-state index contributed by atoms with van der Waals surface area (Å²) in [6, 6.07) is 9.48. The third kappa shape index (κ3) is 7.62. The highest BCUT2D eigenvalue weighted by molar-refractivity contribution is 7.92. The van der Waals surface area contributed by atoms with Gasteiger partial charge in [-0.25, -0.2) is 8.42 Å². The highest BCUT2D eigenvalue weighted by atomic mass is 35.5. The van der Waals surface area contributed by atoms with E-state index in [0.717, 1.165) is 53.8 Å². The maximum Gasteiger partial charge on any atom is 0.244 e. The Labute approximate surface area is 230 Å². The molecule has 1 aliphatic carbocycles. The van der Waals surface area contributed by atoms with E-state index in [-0.39, 0.29) is 18.5 Å². The molecule has 2 amide bonds. The summed E-state index contributed by atoms with van der Waals surface area (Å²) >= 11 is 12.5. The highest BCUT2D eigenvalue weighted by Gasteiger charge is 2.32. The van der Waals surface area contributed by atoms with Crippen LogP contribution in [-0.4, -0.2) is 50.0 Å². The Morgan fingerprint density at radius 3 is 2.38 bits per heavy atom. The van der Waals surface area contributed by atoms with Gasteiger partial charge >= 0.3 is 0 Å². The molecule has 0 heterocycles. The van der Waals surface area contributed by atoms with Crippen molar-refractivity contribution in [2.24, 2.45) is 0 Å². The van der Waals surface area contributed by atoms with Gasteiger partial charge in [0.05, 0.1) is 11.9 Å². The molecule has 10 heteroatoms. The minimum absolute atomic E-state index is 0.0263. The van der Waals surface area contributed by atoms with Crippen molar-refractivity contribution in [3.63, 3.8) is 0 Å². The van der Waals surface area contributed by atoms with Gasteiger partial charge in [-0.2, -0.15) is 0 Å². The molecule has 1 N–H and O–H groups in total. The minimum Gasteiger partial charge on any atom is -0.352 e. The zero-order valence-electron chi connectivity index (χ0n) is 21.8. The van der Waals surface area contributed by atoms with Gasteiger partial charge < -0.3 is 10.2 Å². The molecule has 202 valence electrons. The standard InChI is InChI=1S/C27H35Cl2N3O4S/c1-18-9-8-12-25(19(18)2)32(37(4,35)36)17-26(33)31(16-21-13-14-22(28)15-24(21)29)20(3)27(34)30-23-10-6-5-7-11-23/h8-9,12-15,20,23H,5-7,10-11,16-17H2,1-4H3,(H,30,34)/t20-/m1/s1. The van der Waals surface area contributed by atoms with Gasteiger partial charge in [0.25, 0.3) is 0 Å². The van der Waals surface area contributed by atoms with E-state index in [9.17, 15) is 18.0 Å². The van der Waals surface area contributed by atoms with Crippen molar-refractivity contribution < 1.29 is 18.0 Å². The van der Waals surface area contributed by atoms with E-state index < -0.39 is 28.5 Å². The number of amides is 2. The third-order valence-corrected chi connectivity index (χ3v) is 8.71. The molecule has 1 aliphatic rings. The number of hydrogen-bond acceptors (Lipinski definition) is 4. The van der Waals surface area contributed by atoms with Gasteiger partial charge in [-0.05, 0) is 68.5 Å². The lowest BCUT2D eigenvalue weighted by molar-refractivity contribution is -0.139. The quantitative estimate of drug-likeness (QED) is 0.448. The molecule has 0 aromatic heterocycles. The minimum atomic E-state index is -3.80. The number of nitrogens with one attached hydrogen (secondary N) is 1. The van der Waals surface area contributed by atoms with Crippen LogP contribution in [-0.2, 0) is 26.2 Å². The number of carbonyl (C=O) groups excluding carboxylic acids is 2. The fourth-order valence-electron chi connectivity index (χ4n) is 4.59. The molecule has 1 atom stereocenters. The summed E-state index contributed by atoms with van der Waals surface area (Å²) in [6.07, 6.45) is 6.15. The number of anilines is 1. The van der Waals surface area contributed by atoms with E-state index in [2.05, 4.69) is 5.32 Å². The molecule has 3 rings (SSSR count). The largest absolute Gasteiger partial charge is 0.352 e. The van der Waals surface area contributed by atoms with E-state index >= 15 is 0 Å². The zero-order valence-corrected chi connectivity index (χ0v) is 24.1. The molecule has 2 aromatic carbocycles. The molecule has 0 unspecified atom stereocenters. The number of sulfonamides is 1. The Balaban J connectivity index is 1.93. The lowest BCUT2D eigenvalue weighted by Gasteiger charge is -2.33. The predicted octanol–water partition coefficient (Wildman–Crippen LogP) is 5.24. The summed E-state index contributed by atoms with van der Waals surface area (Å²) in [5.41, 5.74) is 2.70. The highest BCUT2D eigenvalue weighted by Crippen LogP contribution is 2.27. The summed E-state index contributed by atoms with van der Waals surface area (Å²) in [6.45, 7) is 4.93. The van der Waals surface area contributed by atoms with Crippen LogP contribution in [0.5, 0.6) is 0 Å². The van der Waals surface area contributed by atoms with Crippen LogP contribution in [0.3, 0.4) is 0 Å². The van der Waals surface area contributed by atoms with E-state index in [4.69, 9.17) is 23.2 Å². The Bertz CT molecular complexity index is 1250. The van der Waals surface area contributed by atoms with E-state index in [1.165, 1.54) is 4.90 Å². The first-order valence-corrected chi connectivity index (χ1v) is 15.1. The SMILES string of the molecule is Cc1cccc(N(CC(=O)N(Cc2ccc(Cl)cc2Cl)[C@H](C)C(=O)NC2CCCCC2)S(C)(=O)=O)c1C. The van der Waals surface area contributed by atoms with Gasteiger partial charge in [-0.1, -0.05) is 60.7 Å². The van der Waals surface area contributed by atoms with Crippen molar-refractivity contribution in [1.82, 2.24) is 10.2 Å². The van der Waals surface area contributed by atoms with Gasteiger partial charge in [0.15, 0.2) is 0 Å². The molecule has 1 saturated carbocycles. The number of halogens is 2. The summed E-state index contributed by atoms with van der Waals surface area (Å²) < 4.78 is 26.7. The van der Waals surface area contributed by atoms with Crippen LogP contribution >= 0.6 is 23.2 Å². The Hall–Kier alpha value is -2.29. The van der Waals surface area contributed by atoms with Crippen molar-refractivity contribution >= 4 is 50.7 Å². The second-order valence-electron chi connectivity index (χ2n) is 9.77. The number of nitrogens with zero attached hydrogens (tertiary/aromatic N) is 2. The molecule has 0 spiro atoms. The van der Waals surface area contributed by atoms with Crippen molar-refractivity contribution in [3.05, 3.63) is 63.1 Å². The smallest absolute Gasteiger partial charge is 0.244 e. The lowest BCUT2D eigenvalue weighted by atomic mass is 9.95. The van der Waals surface area contributed by atoms with Crippen LogP contribution < -0.4 is 9.62 Å². The molecule has 1 fully saturated rings. The number of carbonyl (C=O) groups is 2. The van der Waals surface area contributed by atoms with Crippen LogP contribution in [0.1, 0.15) is 55.7 Å². The van der Waals surface area contributed by atoms with E-state index in [1.54, 1.807) is 37.3 Å². The molecule has 2 aromatic rings. The number of hydrogen-bond donors (Lipinski definition) is 1. The molecule has 0 aliphatic heterocycles. The van der Waals surface area contributed by atoms with Crippen LogP contribution in [0.2, 0.25) is 10.0 Å². The maximum atomic E-state index is 13.8. The van der Waals surface area contributed by atoms with Crippen LogP contribution in [0.4, 0.5) is 5.69 Å². The molecule has 0 bridgehead atoms. The number of rotatable bonds is 9. The molecule has 0 saturated heterocycles. The van der Waals surface area contributed by atoms with Gasteiger partial charge in [-0.3, -0.25) is 13.9 Å². The summed E-state index contributed by atoms with van der Waals surface area (Å²) in [5.74, 6) is -0.786. The molecular weight excluding hydrogens is 533 g/mol. The fourth-order valence-corrected chi connectivity index (χ4v) is 5.95. The summed E-state index contributed by atoms with van der Waals surface area (Å²) in [5, 5.41) is 3.89. The van der Waals surface area contributed by atoms with Crippen molar-refractivity contribution in [3.8, 4) is 0 Å². The first-order valence-electron chi connectivity index (χ1n) is 12.5. The van der Waals surface area contributed by atoms with Crippen LogP contribution in [0.15, 0.2) is 36.4 Å². The Morgan fingerprint density at radius 2 is 1.76 bits per heavy atom. The van der Waals surface area contributed by atoms with Crippen molar-refractivity contribution in [2.45, 2.75) is 71.5 Å². The van der Waals surface area contributed by atoms with Gasteiger partial charge in [0, 0.05) is 22.6 Å². The second-order valence-corrected chi connectivity index (χ2v) is 12.5. The van der Waals surface area contributed by atoms with Crippen molar-refractivity contribution in [1.29, 1.82) is 0 Å². The summed E-state index contributed by atoms with van der Waals surface area (Å²) in [7, 11) is -3.80. The molecular formula is C27H35Cl2N3O4S. The average Bonchev–Trinajstić information content (AvgIpc) is 2.83. The van der Waals surface area contributed by atoms with Crippen molar-refractivity contribution in [2.75, 3.05) is 17.1 Å². The first kappa shape index (κ1) is 29.3. The predicted molar refractivity (Wildman–Crippen MR) is 150 cm³/mol. The van der Waals surface area contributed by atoms with E-state index in [1.807, 2.05) is 19.9 Å².